The summed E-state index contributed by atoms with van der Waals surface area (Å²) in [5.41, 5.74) is 0.754. The largest absolute Gasteiger partial charge is 0.406 e. The molecule has 0 saturated heterocycles. The maximum Gasteiger partial charge on any atom is 0.406 e. The highest BCUT2D eigenvalue weighted by Crippen LogP contribution is 2.20. The van der Waals surface area contributed by atoms with Gasteiger partial charge in [-0.2, -0.15) is 13.2 Å². The Bertz CT molecular complexity index is 608. The van der Waals surface area contributed by atoms with Crippen molar-refractivity contribution in [3.8, 4) is 0 Å². The minimum atomic E-state index is -4.43. The third-order valence-electron chi connectivity index (χ3n) is 2.93. The van der Waals surface area contributed by atoms with E-state index in [1.165, 1.54) is 7.05 Å². The number of nitrogens with one attached hydrogen (secondary N) is 2. The molecule has 1 rings (SSSR count). The molecule has 0 aliphatic heterocycles. The quantitative estimate of drug-likeness (QED) is 0.606. The van der Waals surface area contributed by atoms with Crippen LogP contribution >= 0.6 is 23.2 Å². The minimum absolute atomic E-state index is 0.259. The Labute approximate surface area is 147 Å². The maximum absolute atomic E-state index is 12.2. The Hall–Kier alpha value is -1.67. The average molecular weight is 385 g/mol. The highest BCUT2D eigenvalue weighted by atomic mass is 35.5. The third kappa shape index (κ3) is 7.27. The Kier molecular flexibility index (Phi) is 7.62. The van der Waals surface area contributed by atoms with Crippen LogP contribution in [0.15, 0.2) is 23.2 Å². The van der Waals surface area contributed by atoms with Gasteiger partial charge in [-0.15, -0.1) is 0 Å². The number of rotatable bonds is 5. The summed E-state index contributed by atoms with van der Waals surface area (Å²) in [4.78, 5) is 16.1. The van der Waals surface area contributed by atoms with Crippen LogP contribution in [-0.2, 0) is 11.3 Å². The van der Waals surface area contributed by atoms with Crippen LogP contribution in [0.4, 0.5) is 13.2 Å². The molecular formula is C14H17Cl2F3N4O. The Morgan fingerprint density at radius 1 is 1.29 bits per heavy atom. The molecular weight excluding hydrogens is 368 g/mol. The first-order valence-corrected chi connectivity index (χ1v) is 7.57. The van der Waals surface area contributed by atoms with Gasteiger partial charge in [0.05, 0.1) is 6.54 Å². The number of hydrogen-bond acceptors (Lipinski definition) is 2. The van der Waals surface area contributed by atoms with E-state index in [9.17, 15) is 18.0 Å². The molecule has 0 atom stereocenters. The molecule has 10 heteroatoms. The number of carbonyl (C=O) groups is 1. The topological polar surface area (TPSA) is 56.7 Å². The SMILES string of the molecule is CN=C(NCC(=O)N(C)CC(F)(F)F)NCc1ccc(Cl)cc1Cl. The van der Waals surface area contributed by atoms with Crippen LogP contribution in [0, 0.1) is 0 Å². The van der Waals surface area contributed by atoms with E-state index in [4.69, 9.17) is 23.2 Å². The van der Waals surface area contributed by atoms with E-state index < -0.39 is 18.6 Å². The number of carbonyl (C=O) groups excluding carboxylic acids is 1. The van der Waals surface area contributed by atoms with E-state index in [1.54, 1.807) is 18.2 Å². The number of hydrogen-bond donors (Lipinski definition) is 2. The van der Waals surface area contributed by atoms with E-state index >= 15 is 0 Å². The predicted molar refractivity (Wildman–Crippen MR) is 88.4 cm³/mol. The van der Waals surface area contributed by atoms with Crippen LogP contribution in [0.5, 0.6) is 0 Å². The van der Waals surface area contributed by atoms with Crippen LogP contribution < -0.4 is 10.6 Å². The number of halogens is 5. The van der Waals surface area contributed by atoms with Gasteiger partial charge in [0.2, 0.25) is 5.91 Å². The van der Waals surface area contributed by atoms with E-state index in [-0.39, 0.29) is 12.5 Å². The van der Waals surface area contributed by atoms with Gasteiger partial charge in [-0.3, -0.25) is 9.79 Å². The lowest BCUT2D eigenvalue weighted by molar-refractivity contribution is -0.157. The van der Waals surface area contributed by atoms with E-state index in [0.29, 0.717) is 21.5 Å². The first-order valence-electron chi connectivity index (χ1n) is 6.81. The number of guanidine groups is 1. The molecule has 0 bridgehead atoms. The van der Waals surface area contributed by atoms with Gasteiger partial charge in [0.15, 0.2) is 5.96 Å². The van der Waals surface area contributed by atoms with E-state index in [1.807, 2.05) is 0 Å². The van der Waals surface area contributed by atoms with Gasteiger partial charge in [-0.05, 0) is 17.7 Å². The van der Waals surface area contributed by atoms with E-state index in [0.717, 1.165) is 12.6 Å². The van der Waals surface area contributed by atoms with Gasteiger partial charge in [0.25, 0.3) is 0 Å². The summed E-state index contributed by atoms with van der Waals surface area (Å²) in [6.07, 6.45) is -4.43. The minimum Gasteiger partial charge on any atom is -0.352 e. The molecule has 24 heavy (non-hydrogen) atoms. The van der Waals surface area contributed by atoms with Crippen molar-refractivity contribution < 1.29 is 18.0 Å². The second kappa shape index (κ2) is 8.98. The van der Waals surface area contributed by atoms with Crippen molar-refractivity contribution >= 4 is 35.1 Å². The van der Waals surface area contributed by atoms with Crippen molar-refractivity contribution in [3.63, 3.8) is 0 Å². The molecule has 0 aromatic heterocycles. The molecule has 0 aliphatic carbocycles. The molecule has 0 heterocycles. The van der Waals surface area contributed by atoms with Gasteiger partial charge in [-0.25, -0.2) is 0 Å². The number of likely N-dealkylation sites (N-methyl/N-ethyl adjacent to an activating group) is 1. The van der Waals surface area contributed by atoms with Gasteiger partial charge in [0.1, 0.15) is 6.54 Å². The zero-order chi connectivity index (χ0) is 18.3. The summed E-state index contributed by atoms with van der Waals surface area (Å²) in [6, 6.07) is 5.00. The van der Waals surface area contributed by atoms with Crippen molar-refractivity contribution in [1.29, 1.82) is 0 Å². The predicted octanol–water partition coefficient (Wildman–Crippen LogP) is 2.68. The van der Waals surface area contributed by atoms with Gasteiger partial charge >= 0.3 is 6.18 Å². The van der Waals surface area contributed by atoms with Crippen LogP contribution in [0.3, 0.4) is 0 Å². The Morgan fingerprint density at radius 2 is 1.96 bits per heavy atom. The molecule has 2 N–H and O–H groups in total. The third-order valence-corrected chi connectivity index (χ3v) is 3.52. The molecule has 0 fully saturated rings. The standard InChI is InChI=1S/C14H17Cl2F3N4O/c1-20-13(21-6-9-3-4-10(15)5-11(9)16)22-7-12(24)23(2)8-14(17,18)19/h3-5H,6-8H2,1-2H3,(H2,20,21,22). The molecule has 5 nitrogen and oxygen atoms in total. The van der Waals surface area contributed by atoms with Gasteiger partial charge in [0, 0.05) is 30.7 Å². The fourth-order valence-electron chi connectivity index (χ4n) is 1.72. The summed E-state index contributed by atoms with van der Waals surface area (Å²) in [6.45, 7) is -1.32. The molecule has 0 unspecified atom stereocenters. The summed E-state index contributed by atoms with van der Waals surface area (Å²) in [7, 11) is 2.56. The number of aliphatic imine (C=N–C) groups is 1. The first kappa shape index (κ1) is 20.4. The first-order chi connectivity index (χ1) is 11.1. The summed E-state index contributed by atoms with van der Waals surface area (Å²) < 4.78 is 36.7. The van der Waals surface area contributed by atoms with Crippen molar-refractivity contribution in [2.45, 2.75) is 12.7 Å². The summed E-state index contributed by atoms with van der Waals surface area (Å²) in [5, 5.41) is 6.52. The fraction of sp³-hybridized carbons (Fsp3) is 0.429. The lowest BCUT2D eigenvalue weighted by atomic mass is 10.2. The molecule has 1 aromatic rings. The number of alkyl halides is 3. The van der Waals surface area contributed by atoms with Gasteiger partial charge < -0.3 is 15.5 Å². The summed E-state index contributed by atoms with van der Waals surface area (Å²) in [5.74, 6) is -0.449. The molecule has 134 valence electrons. The normalized spacial score (nSPS) is 12.0. The van der Waals surface area contributed by atoms with Crippen molar-refractivity contribution in [1.82, 2.24) is 15.5 Å². The van der Waals surface area contributed by atoms with Crippen LogP contribution in [0.25, 0.3) is 0 Å². The summed E-state index contributed by atoms with van der Waals surface area (Å²) >= 11 is 11.8. The second-order valence-corrected chi connectivity index (χ2v) is 5.72. The zero-order valence-corrected chi connectivity index (χ0v) is 14.6. The number of benzene rings is 1. The zero-order valence-electron chi connectivity index (χ0n) is 13.0. The average Bonchev–Trinajstić information content (AvgIpc) is 2.47. The lowest BCUT2D eigenvalue weighted by Crippen LogP contribution is -2.45. The Morgan fingerprint density at radius 3 is 2.50 bits per heavy atom. The van der Waals surface area contributed by atoms with Gasteiger partial charge in [-0.1, -0.05) is 29.3 Å². The van der Waals surface area contributed by atoms with Crippen molar-refractivity contribution in [2.24, 2.45) is 4.99 Å². The molecule has 1 amide bonds. The number of amides is 1. The van der Waals surface area contributed by atoms with E-state index in [2.05, 4.69) is 15.6 Å². The molecule has 0 saturated carbocycles. The fourth-order valence-corrected chi connectivity index (χ4v) is 2.19. The van der Waals surface area contributed by atoms with Crippen LogP contribution in [-0.4, -0.2) is 50.1 Å². The lowest BCUT2D eigenvalue weighted by Gasteiger charge is -2.20. The van der Waals surface area contributed by atoms with Crippen molar-refractivity contribution in [2.75, 3.05) is 27.2 Å². The van der Waals surface area contributed by atoms with Crippen LogP contribution in [0.1, 0.15) is 5.56 Å². The van der Waals surface area contributed by atoms with Crippen molar-refractivity contribution in [3.05, 3.63) is 33.8 Å². The molecule has 1 aromatic carbocycles. The molecule has 0 aliphatic rings. The number of nitrogens with zero attached hydrogens (tertiary/aromatic N) is 2. The highest BCUT2D eigenvalue weighted by Gasteiger charge is 2.31. The monoisotopic (exact) mass is 384 g/mol. The maximum atomic E-state index is 12.2. The highest BCUT2D eigenvalue weighted by molar-refractivity contribution is 6.35. The Balaban J connectivity index is 2.49. The van der Waals surface area contributed by atoms with Crippen LogP contribution in [0.2, 0.25) is 10.0 Å². The second-order valence-electron chi connectivity index (χ2n) is 4.88. The smallest absolute Gasteiger partial charge is 0.352 e. The molecule has 0 spiro atoms. The molecule has 0 radical (unpaired) electrons.